The Bertz CT molecular complexity index is 293. The van der Waals surface area contributed by atoms with E-state index in [2.05, 4.69) is 5.32 Å². The summed E-state index contributed by atoms with van der Waals surface area (Å²) < 4.78 is 0. The molecule has 2 rings (SSSR count). The standard InChI is InChI=1S/C9H11NO2.BrH/c11-8-5-6-3-1-2-4-7(6)9(12)10-8;/h1-4,8-12H,5H2;1H. The summed E-state index contributed by atoms with van der Waals surface area (Å²) in [6.07, 6.45) is -0.799. The average molecular weight is 246 g/mol. The first-order valence-electron chi connectivity index (χ1n) is 3.97. The molecule has 2 atom stereocenters. The van der Waals surface area contributed by atoms with Gasteiger partial charge < -0.3 is 10.2 Å². The molecule has 0 bridgehead atoms. The minimum atomic E-state index is -0.732. The van der Waals surface area contributed by atoms with Gasteiger partial charge in [0.25, 0.3) is 0 Å². The molecule has 1 aromatic rings. The summed E-state index contributed by atoms with van der Waals surface area (Å²) in [6, 6.07) is 7.56. The molecule has 0 amide bonds. The summed E-state index contributed by atoms with van der Waals surface area (Å²) in [5.74, 6) is 0. The van der Waals surface area contributed by atoms with E-state index in [1.54, 1.807) is 0 Å². The molecular formula is C9H12BrNO2. The lowest BCUT2D eigenvalue weighted by Crippen LogP contribution is -2.38. The molecule has 1 aliphatic heterocycles. The zero-order chi connectivity index (χ0) is 8.55. The Morgan fingerprint density at radius 3 is 2.69 bits per heavy atom. The zero-order valence-corrected chi connectivity index (χ0v) is 8.69. The van der Waals surface area contributed by atoms with Crippen molar-refractivity contribution in [3.8, 4) is 0 Å². The fraction of sp³-hybridized carbons (Fsp3) is 0.333. The highest BCUT2D eigenvalue weighted by Crippen LogP contribution is 2.21. The number of fused-ring (bicyclic) bond motifs is 1. The van der Waals surface area contributed by atoms with Crippen LogP contribution in [-0.4, -0.2) is 16.4 Å². The van der Waals surface area contributed by atoms with Crippen molar-refractivity contribution >= 4 is 17.0 Å². The van der Waals surface area contributed by atoms with Crippen LogP contribution >= 0.6 is 17.0 Å². The molecule has 0 aliphatic carbocycles. The van der Waals surface area contributed by atoms with Gasteiger partial charge in [-0.05, 0) is 11.1 Å². The van der Waals surface area contributed by atoms with Crippen LogP contribution in [-0.2, 0) is 6.42 Å². The predicted molar refractivity (Wildman–Crippen MR) is 54.6 cm³/mol. The van der Waals surface area contributed by atoms with Crippen molar-refractivity contribution in [3.63, 3.8) is 0 Å². The van der Waals surface area contributed by atoms with E-state index in [1.165, 1.54) is 0 Å². The third kappa shape index (κ3) is 2.08. The fourth-order valence-electron chi connectivity index (χ4n) is 1.53. The Morgan fingerprint density at radius 2 is 1.92 bits per heavy atom. The molecule has 3 N–H and O–H groups in total. The first-order valence-corrected chi connectivity index (χ1v) is 3.97. The molecule has 1 heterocycles. The van der Waals surface area contributed by atoms with Crippen LogP contribution in [0.1, 0.15) is 17.4 Å². The lowest BCUT2D eigenvalue weighted by Gasteiger charge is -2.26. The predicted octanol–water partition coefficient (Wildman–Crippen LogP) is 0.720. The maximum Gasteiger partial charge on any atom is 0.133 e. The van der Waals surface area contributed by atoms with Gasteiger partial charge in [0.1, 0.15) is 12.5 Å². The average Bonchev–Trinajstić information content (AvgIpc) is 2.04. The van der Waals surface area contributed by atoms with Crippen molar-refractivity contribution < 1.29 is 10.2 Å². The van der Waals surface area contributed by atoms with E-state index in [0.717, 1.165) is 11.1 Å². The molecule has 4 heteroatoms. The highest BCUT2D eigenvalue weighted by atomic mass is 79.9. The van der Waals surface area contributed by atoms with E-state index in [0.29, 0.717) is 6.42 Å². The van der Waals surface area contributed by atoms with Crippen LogP contribution in [0.3, 0.4) is 0 Å². The van der Waals surface area contributed by atoms with Crippen molar-refractivity contribution in [1.29, 1.82) is 0 Å². The lowest BCUT2D eigenvalue weighted by molar-refractivity contribution is 0.0299. The molecular weight excluding hydrogens is 234 g/mol. The number of benzene rings is 1. The van der Waals surface area contributed by atoms with Gasteiger partial charge in [0, 0.05) is 6.42 Å². The number of rotatable bonds is 0. The normalized spacial score (nSPS) is 26.0. The van der Waals surface area contributed by atoms with E-state index in [4.69, 9.17) is 0 Å². The molecule has 2 unspecified atom stereocenters. The highest BCUT2D eigenvalue weighted by Gasteiger charge is 2.21. The zero-order valence-electron chi connectivity index (χ0n) is 6.97. The second-order valence-corrected chi connectivity index (χ2v) is 2.99. The number of hydrogen-bond acceptors (Lipinski definition) is 3. The molecule has 72 valence electrons. The summed E-state index contributed by atoms with van der Waals surface area (Å²) >= 11 is 0. The summed E-state index contributed by atoms with van der Waals surface area (Å²) in [7, 11) is 0. The minimum Gasteiger partial charge on any atom is -0.378 e. The van der Waals surface area contributed by atoms with Crippen molar-refractivity contribution in [3.05, 3.63) is 35.4 Å². The summed E-state index contributed by atoms with van der Waals surface area (Å²) in [5, 5.41) is 21.4. The molecule has 13 heavy (non-hydrogen) atoms. The van der Waals surface area contributed by atoms with E-state index >= 15 is 0 Å². The minimum absolute atomic E-state index is 0. The smallest absolute Gasteiger partial charge is 0.133 e. The van der Waals surface area contributed by atoms with Gasteiger partial charge in [-0.25, -0.2) is 0 Å². The van der Waals surface area contributed by atoms with Crippen LogP contribution in [0.4, 0.5) is 0 Å². The molecule has 0 fully saturated rings. The molecule has 1 aromatic carbocycles. The van der Waals surface area contributed by atoms with Gasteiger partial charge in [0.05, 0.1) is 0 Å². The molecule has 0 spiro atoms. The number of nitrogens with one attached hydrogen (secondary N) is 1. The summed E-state index contributed by atoms with van der Waals surface area (Å²) in [5.41, 5.74) is 1.87. The molecule has 0 radical (unpaired) electrons. The van der Waals surface area contributed by atoms with Gasteiger partial charge in [-0.2, -0.15) is 0 Å². The number of aliphatic hydroxyl groups excluding tert-OH is 2. The number of aliphatic hydroxyl groups is 2. The van der Waals surface area contributed by atoms with E-state index in [9.17, 15) is 10.2 Å². The van der Waals surface area contributed by atoms with Crippen LogP contribution in [0.5, 0.6) is 0 Å². The Hall–Kier alpha value is -0.420. The van der Waals surface area contributed by atoms with Gasteiger partial charge in [-0.15, -0.1) is 17.0 Å². The monoisotopic (exact) mass is 245 g/mol. The third-order valence-corrected chi connectivity index (χ3v) is 2.11. The SMILES string of the molecule is Br.OC1Cc2ccccc2C(O)N1. The molecule has 0 saturated heterocycles. The molecule has 3 nitrogen and oxygen atoms in total. The van der Waals surface area contributed by atoms with Crippen molar-refractivity contribution in [1.82, 2.24) is 5.32 Å². The molecule has 0 aromatic heterocycles. The fourth-order valence-corrected chi connectivity index (χ4v) is 1.53. The Morgan fingerprint density at radius 1 is 1.23 bits per heavy atom. The van der Waals surface area contributed by atoms with Crippen LogP contribution in [0.25, 0.3) is 0 Å². The Balaban J connectivity index is 0.000000845. The van der Waals surface area contributed by atoms with E-state index in [1.807, 2.05) is 24.3 Å². The first kappa shape index (κ1) is 10.7. The Kier molecular flexibility index (Phi) is 3.44. The topological polar surface area (TPSA) is 52.5 Å². The first-order chi connectivity index (χ1) is 5.77. The third-order valence-electron chi connectivity index (χ3n) is 2.11. The van der Waals surface area contributed by atoms with Crippen LogP contribution in [0, 0.1) is 0 Å². The quantitative estimate of drug-likeness (QED) is 0.632. The van der Waals surface area contributed by atoms with Gasteiger partial charge in [0.15, 0.2) is 0 Å². The lowest BCUT2D eigenvalue weighted by atomic mass is 9.99. The van der Waals surface area contributed by atoms with Crippen molar-refractivity contribution in [2.24, 2.45) is 0 Å². The highest BCUT2D eigenvalue weighted by molar-refractivity contribution is 8.93. The largest absolute Gasteiger partial charge is 0.378 e. The van der Waals surface area contributed by atoms with Crippen LogP contribution in [0.2, 0.25) is 0 Å². The maximum absolute atomic E-state index is 9.46. The van der Waals surface area contributed by atoms with Crippen molar-refractivity contribution in [2.45, 2.75) is 18.9 Å². The van der Waals surface area contributed by atoms with E-state index < -0.39 is 12.5 Å². The van der Waals surface area contributed by atoms with Crippen LogP contribution in [0.15, 0.2) is 24.3 Å². The summed E-state index contributed by atoms with van der Waals surface area (Å²) in [6.45, 7) is 0. The van der Waals surface area contributed by atoms with Crippen molar-refractivity contribution in [2.75, 3.05) is 0 Å². The van der Waals surface area contributed by atoms with Gasteiger partial charge in [0.2, 0.25) is 0 Å². The molecule has 0 saturated carbocycles. The van der Waals surface area contributed by atoms with Gasteiger partial charge in [-0.3, -0.25) is 5.32 Å². The van der Waals surface area contributed by atoms with Crippen LogP contribution < -0.4 is 5.32 Å². The van der Waals surface area contributed by atoms with Gasteiger partial charge >= 0.3 is 0 Å². The number of halogens is 1. The van der Waals surface area contributed by atoms with Gasteiger partial charge in [-0.1, -0.05) is 24.3 Å². The summed E-state index contributed by atoms with van der Waals surface area (Å²) in [4.78, 5) is 0. The second kappa shape index (κ2) is 4.19. The Labute approximate surface area is 87.2 Å². The molecule has 1 aliphatic rings. The maximum atomic E-state index is 9.46. The number of hydrogen-bond donors (Lipinski definition) is 3. The second-order valence-electron chi connectivity index (χ2n) is 2.99. The van der Waals surface area contributed by atoms with E-state index in [-0.39, 0.29) is 17.0 Å².